The van der Waals surface area contributed by atoms with E-state index in [1.807, 2.05) is 0 Å². The molecule has 1 unspecified atom stereocenters. The highest BCUT2D eigenvalue weighted by Crippen LogP contribution is 2.38. The van der Waals surface area contributed by atoms with Gasteiger partial charge in [0.2, 0.25) is 18.6 Å². The van der Waals surface area contributed by atoms with Gasteiger partial charge in [0.25, 0.3) is 0 Å². The highest BCUT2D eigenvalue weighted by atomic mass is 35.5. The molecular formula is C19H14ClF3N2O4. The molecule has 0 aliphatic carbocycles. The number of amides is 2. The number of rotatable bonds is 3. The first kappa shape index (κ1) is 19.4. The first-order valence-electron chi connectivity index (χ1n) is 8.60. The van der Waals surface area contributed by atoms with Gasteiger partial charge in [0, 0.05) is 24.7 Å². The number of nitrogens with one attached hydrogen (secondary N) is 1. The summed E-state index contributed by atoms with van der Waals surface area (Å²) in [5.41, 5.74) is -0.534. The maximum atomic E-state index is 12.9. The van der Waals surface area contributed by atoms with Crippen molar-refractivity contribution in [3.63, 3.8) is 0 Å². The largest absolute Gasteiger partial charge is 0.454 e. The normalized spacial score (nSPS) is 18.3. The topological polar surface area (TPSA) is 67.9 Å². The molecule has 1 atom stereocenters. The van der Waals surface area contributed by atoms with Crippen LogP contribution in [-0.2, 0) is 15.8 Å². The van der Waals surface area contributed by atoms with E-state index < -0.39 is 23.6 Å². The molecule has 2 amide bonds. The van der Waals surface area contributed by atoms with Crippen molar-refractivity contribution in [1.82, 2.24) is 0 Å². The molecule has 1 fully saturated rings. The second-order valence-corrected chi connectivity index (χ2v) is 7.03. The lowest BCUT2D eigenvalue weighted by Gasteiger charge is -2.17. The van der Waals surface area contributed by atoms with Crippen LogP contribution < -0.4 is 19.7 Å². The van der Waals surface area contributed by atoms with Gasteiger partial charge in [-0.15, -0.1) is 0 Å². The molecule has 2 aliphatic rings. The molecule has 0 spiro atoms. The third-order valence-corrected chi connectivity index (χ3v) is 5.04. The Morgan fingerprint density at radius 2 is 1.90 bits per heavy atom. The lowest BCUT2D eigenvalue weighted by molar-refractivity contribution is -0.137. The van der Waals surface area contributed by atoms with Crippen molar-refractivity contribution in [3.05, 3.63) is 47.0 Å². The number of alkyl halides is 3. The molecule has 29 heavy (non-hydrogen) atoms. The Balaban J connectivity index is 1.49. The van der Waals surface area contributed by atoms with Crippen molar-refractivity contribution in [2.24, 2.45) is 5.92 Å². The van der Waals surface area contributed by atoms with E-state index in [1.54, 1.807) is 18.2 Å². The van der Waals surface area contributed by atoms with Crippen molar-refractivity contribution in [3.8, 4) is 11.5 Å². The third-order valence-electron chi connectivity index (χ3n) is 4.72. The van der Waals surface area contributed by atoms with Crippen LogP contribution in [0, 0.1) is 5.92 Å². The molecule has 2 aromatic carbocycles. The van der Waals surface area contributed by atoms with E-state index in [9.17, 15) is 22.8 Å². The highest BCUT2D eigenvalue weighted by molar-refractivity contribution is 6.33. The minimum Gasteiger partial charge on any atom is -0.454 e. The second-order valence-electron chi connectivity index (χ2n) is 6.62. The van der Waals surface area contributed by atoms with Crippen molar-refractivity contribution < 1.29 is 32.2 Å². The Morgan fingerprint density at radius 1 is 1.14 bits per heavy atom. The van der Waals surface area contributed by atoms with Crippen LogP contribution in [0.25, 0.3) is 0 Å². The van der Waals surface area contributed by atoms with Crippen LogP contribution >= 0.6 is 11.6 Å². The summed E-state index contributed by atoms with van der Waals surface area (Å²) < 4.78 is 49.2. The van der Waals surface area contributed by atoms with Crippen LogP contribution in [0.4, 0.5) is 24.5 Å². The van der Waals surface area contributed by atoms with Gasteiger partial charge in [-0.2, -0.15) is 13.2 Å². The highest BCUT2D eigenvalue weighted by Gasteiger charge is 2.36. The van der Waals surface area contributed by atoms with Crippen LogP contribution in [0.3, 0.4) is 0 Å². The van der Waals surface area contributed by atoms with Crippen molar-refractivity contribution in [1.29, 1.82) is 0 Å². The summed E-state index contributed by atoms with van der Waals surface area (Å²) in [6.07, 6.45) is -4.64. The van der Waals surface area contributed by atoms with Crippen molar-refractivity contribution in [2.75, 3.05) is 23.6 Å². The molecule has 10 heteroatoms. The van der Waals surface area contributed by atoms with Gasteiger partial charge in [0.15, 0.2) is 11.5 Å². The number of benzene rings is 2. The van der Waals surface area contributed by atoms with E-state index in [4.69, 9.17) is 21.1 Å². The predicted octanol–water partition coefficient (Wildman–Crippen LogP) is 4.08. The predicted molar refractivity (Wildman–Crippen MR) is 98.1 cm³/mol. The number of fused-ring (bicyclic) bond motifs is 1. The lowest BCUT2D eigenvalue weighted by atomic mass is 10.1. The number of carbonyl (C=O) groups is 2. The number of halogens is 4. The van der Waals surface area contributed by atoms with Crippen LogP contribution in [0.2, 0.25) is 5.02 Å². The second kappa shape index (κ2) is 7.14. The van der Waals surface area contributed by atoms with Gasteiger partial charge < -0.3 is 19.7 Å². The van der Waals surface area contributed by atoms with Gasteiger partial charge in [0.05, 0.1) is 22.2 Å². The fourth-order valence-corrected chi connectivity index (χ4v) is 3.38. The fourth-order valence-electron chi connectivity index (χ4n) is 3.22. The van der Waals surface area contributed by atoms with E-state index in [-0.39, 0.29) is 36.4 Å². The van der Waals surface area contributed by atoms with Crippen molar-refractivity contribution >= 4 is 34.8 Å². The van der Waals surface area contributed by atoms with E-state index >= 15 is 0 Å². The van der Waals surface area contributed by atoms with E-state index in [2.05, 4.69) is 5.32 Å². The van der Waals surface area contributed by atoms with Crippen LogP contribution in [0.15, 0.2) is 36.4 Å². The molecule has 0 bridgehead atoms. The number of ether oxygens (including phenoxy) is 2. The number of anilines is 2. The smallest absolute Gasteiger partial charge is 0.416 e. The van der Waals surface area contributed by atoms with Gasteiger partial charge in [-0.3, -0.25) is 9.59 Å². The number of nitrogens with zero attached hydrogens (tertiary/aromatic N) is 1. The minimum absolute atomic E-state index is 0.0247. The Kier molecular flexibility index (Phi) is 4.77. The molecule has 0 aromatic heterocycles. The average Bonchev–Trinajstić information content (AvgIpc) is 3.28. The van der Waals surface area contributed by atoms with Gasteiger partial charge >= 0.3 is 6.18 Å². The Hall–Kier alpha value is -2.94. The summed E-state index contributed by atoms with van der Waals surface area (Å²) in [6, 6.07) is 7.66. The molecule has 1 saturated heterocycles. The Labute approximate surface area is 168 Å². The standard InChI is InChI=1S/C19H14ClF3N2O4/c20-13-3-1-11(19(21,22)23)6-14(13)24-18(27)10-5-17(26)25(8-10)12-2-4-15-16(7-12)29-9-28-15/h1-4,6-7,10H,5,8-9H2,(H,24,27). The number of carbonyl (C=O) groups excluding carboxylic acids is 2. The summed E-state index contributed by atoms with van der Waals surface area (Å²) in [5.74, 6) is -0.534. The maximum absolute atomic E-state index is 12.9. The summed E-state index contributed by atoms with van der Waals surface area (Å²) in [6.45, 7) is 0.177. The zero-order valence-electron chi connectivity index (χ0n) is 14.8. The van der Waals surface area contributed by atoms with Crippen LogP contribution in [0.1, 0.15) is 12.0 Å². The Morgan fingerprint density at radius 3 is 2.66 bits per heavy atom. The summed E-state index contributed by atoms with van der Waals surface area (Å²) in [5, 5.41) is 2.38. The molecule has 2 aliphatic heterocycles. The first-order valence-corrected chi connectivity index (χ1v) is 8.98. The molecule has 152 valence electrons. The average molecular weight is 427 g/mol. The third kappa shape index (κ3) is 3.82. The quantitative estimate of drug-likeness (QED) is 0.803. The zero-order chi connectivity index (χ0) is 20.8. The molecule has 0 saturated carbocycles. The van der Waals surface area contributed by atoms with Gasteiger partial charge in [-0.25, -0.2) is 0 Å². The zero-order valence-corrected chi connectivity index (χ0v) is 15.5. The van der Waals surface area contributed by atoms with Gasteiger partial charge in [-0.05, 0) is 30.3 Å². The van der Waals surface area contributed by atoms with E-state index in [0.29, 0.717) is 17.2 Å². The lowest BCUT2D eigenvalue weighted by Crippen LogP contribution is -2.28. The van der Waals surface area contributed by atoms with E-state index in [1.165, 1.54) is 4.90 Å². The Bertz CT molecular complexity index is 996. The summed E-state index contributed by atoms with van der Waals surface area (Å²) in [7, 11) is 0. The molecule has 2 heterocycles. The van der Waals surface area contributed by atoms with Crippen molar-refractivity contribution in [2.45, 2.75) is 12.6 Å². The molecular weight excluding hydrogens is 413 g/mol. The first-order chi connectivity index (χ1) is 13.7. The van der Waals surface area contributed by atoms with Gasteiger partial charge in [0.1, 0.15) is 0 Å². The molecule has 1 N–H and O–H groups in total. The SMILES string of the molecule is O=C(Nc1cc(C(F)(F)F)ccc1Cl)C1CC(=O)N(c2ccc3c(c2)OCO3)C1. The molecule has 2 aromatic rings. The van der Waals surface area contributed by atoms with Crippen LogP contribution in [0.5, 0.6) is 11.5 Å². The minimum atomic E-state index is -4.57. The maximum Gasteiger partial charge on any atom is 0.416 e. The van der Waals surface area contributed by atoms with E-state index in [0.717, 1.165) is 18.2 Å². The number of hydrogen-bond donors (Lipinski definition) is 1. The molecule has 0 radical (unpaired) electrons. The number of hydrogen-bond acceptors (Lipinski definition) is 4. The summed E-state index contributed by atoms with van der Waals surface area (Å²) in [4.78, 5) is 26.4. The fraction of sp³-hybridized carbons (Fsp3) is 0.263. The summed E-state index contributed by atoms with van der Waals surface area (Å²) >= 11 is 5.92. The molecule has 6 nitrogen and oxygen atoms in total. The monoisotopic (exact) mass is 426 g/mol. The molecule has 4 rings (SSSR count). The van der Waals surface area contributed by atoms with Gasteiger partial charge in [-0.1, -0.05) is 11.6 Å². The van der Waals surface area contributed by atoms with Crippen LogP contribution in [-0.4, -0.2) is 25.2 Å².